The van der Waals surface area contributed by atoms with Crippen LogP contribution in [-0.4, -0.2) is 27.4 Å². The molecule has 4 aromatic rings. The van der Waals surface area contributed by atoms with Gasteiger partial charge in [0.1, 0.15) is 0 Å². The van der Waals surface area contributed by atoms with Crippen LogP contribution >= 0.6 is 11.8 Å². The number of nitrogens with zero attached hydrogens (tertiary/aromatic N) is 3. The average Bonchev–Trinajstić information content (AvgIpc) is 3.12. The van der Waals surface area contributed by atoms with E-state index in [4.69, 9.17) is 4.98 Å². The fourth-order valence-corrected chi connectivity index (χ4v) is 3.88. The van der Waals surface area contributed by atoms with E-state index in [1.807, 2.05) is 48.5 Å². The zero-order valence-electron chi connectivity index (χ0n) is 16.7. The van der Waals surface area contributed by atoms with Gasteiger partial charge in [-0.2, -0.15) is 5.10 Å². The number of thioether (sulfide) groups is 1. The summed E-state index contributed by atoms with van der Waals surface area (Å²) in [6.45, 7) is 2.79. The highest BCUT2D eigenvalue weighted by Gasteiger charge is 2.13. The first-order valence-electron chi connectivity index (χ1n) is 9.69. The van der Waals surface area contributed by atoms with E-state index in [9.17, 15) is 4.79 Å². The van der Waals surface area contributed by atoms with Crippen molar-refractivity contribution in [3.05, 3.63) is 95.6 Å². The molecule has 0 radical (unpaired) electrons. The Kier molecular flexibility index (Phi) is 6.25. The number of hydrogen-bond acceptors (Lipinski definition) is 4. The molecule has 5 nitrogen and oxygen atoms in total. The number of amides is 1. The fourth-order valence-electron chi connectivity index (χ4n) is 3.07. The standard InChI is InChI=1S/C24H22N4OS/c1-18-11-13-20(14-12-18)16-28-22-10-6-5-9-21(22)26-24(28)30-17-23(29)27-25-15-19-7-3-2-4-8-19/h2-15H,16-17H2,1H3,(H,27,29)/b25-15+. The summed E-state index contributed by atoms with van der Waals surface area (Å²) in [6, 6.07) is 26.2. The van der Waals surface area contributed by atoms with Crippen LogP contribution in [0.25, 0.3) is 11.0 Å². The van der Waals surface area contributed by atoms with E-state index in [1.165, 1.54) is 22.9 Å². The van der Waals surface area contributed by atoms with Crippen molar-refractivity contribution in [1.29, 1.82) is 0 Å². The molecule has 0 aliphatic heterocycles. The molecule has 6 heteroatoms. The zero-order valence-corrected chi connectivity index (χ0v) is 17.5. The summed E-state index contributed by atoms with van der Waals surface area (Å²) >= 11 is 1.42. The smallest absolute Gasteiger partial charge is 0.250 e. The van der Waals surface area contributed by atoms with Crippen molar-refractivity contribution in [1.82, 2.24) is 15.0 Å². The summed E-state index contributed by atoms with van der Waals surface area (Å²) in [4.78, 5) is 17.0. The number of nitrogens with one attached hydrogen (secondary N) is 1. The minimum Gasteiger partial charge on any atom is -0.314 e. The monoisotopic (exact) mass is 414 g/mol. The van der Waals surface area contributed by atoms with Gasteiger partial charge in [0.15, 0.2) is 5.16 Å². The normalized spacial score (nSPS) is 11.2. The molecule has 0 fully saturated rings. The van der Waals surface area contributed by atoms with Crippen LogP contribution in [0.3, 0.4) is 0 Å². The summed E-state index contributed by atoms with van der Waals surface area (Å²) in [5.74, 6) is 0.0738. The topological polar surface area (TPSA) is 59.3 Å². The van der Waals surface area contributed by atoms with E-state index >= 15 is 0 Å². The second kappa shape index (κ2) is 9.41. The molecule has 0 spiro atoms. The Labute approximate surface area is 179 Å². The van der Waals surface area contributed by atoms with Gasteiger partial charge in [0.2, 0.25) is 0 Å². The minimum atomic E-state index is -0.166. The third-order valence-corrected chi connectivity index (χ3v) is 5.59. The minimum absolute atomic E-state index is 0.166. The predicted molar refractivity (Wildman–Crippen MR) is 123 cm³/mol. The van der Waals surface area contributed by atoms with Crippen LogP contribution in [0.15, 0.2) is 89.1 Å². The zero-order chi connectivity index (χ0) is 20.8. The van der Waals surface area contributed by atoms with Crippen molar-refractivity contribution in [3.8, 4) is 0 Å². The number of carbonyl (C=O) groups is 1. The average molecular weight is 415 g/mol. The molecule has 0 saturated carbocycles. The van der Waals surface area contributed by atoms with Crippen LogP contribution in [-0.2, 0) is 11.3 Å². The van der Waals surface area contributed by atoms with Gasteiger partial charge in [-0.3, -0.25) is 4.79 Å². The largest absolute Gasteiger partial charge is 0.314 e. The Morgan fingerprint density at radius 1 is 1.03 bits per heavy atom. The Hall–Kier alpha value is -3.38. The third-order valence-electron chi connectivity index (χ3n) is 4.62. The lowest BCUT2D eigenvalue weighted by Crippen LogP contribution is -2.20. The molecule has 1 aromatic heterocycles. The van der Waals surface area contributed by atoms with E-state index < -0.39 is 0 Å². The number of aromatic nitrogens is 2. The van der Waals surface area contributed by atoms with E-state index in [1.54, 1.807) is 6.21 Å². The number of aryl methyl sites for hydroxylation is 1. The molecule has 1 N–H and O–H groups in total. The Morgan fingerprint density at radius 3 is 2.57 bits per heavy atom. The highest BCUT2D eigenvalue weighted by Crippen LogP contribution is 2.25. The molecule has 1 heterocycles. The lowest BCUT2D eigenvalue weighted by Gasteiger charge is -2.09. The number of fused-ring (bicyclic) bond motifs is 1. The molecule has 3 aromatic carbocycles. The van der Waals surface area contributed by atoms with Crippen molar-refractivity contribution in [2.45, 2.75) is 18.6 Å². The molecule has 0 aliphatic rings. The molecule has 1 amide bonds. The summed E-state index contributed by atoms with van der Waals surface area (Å²) in [7, 11) is 0. The van der Waals surface area contributed by atoms with E-state index in [0.717, 1.165) is 21.8 Å². The number of carbonyl (C=O) groups excluding carboxylic acids is 1. The maximum atomic E-state index is 12.2. The highest BCUT2D eigenvalue weighted by molar-refractivity contribution is 7.99. The van der Waals surface area contributed by atoms with Crippen molar-refractivity contribution in [2.24, 2.45) is 5.10 Å². The number of para-hydroxylation sites is 2. The Balaban J connectivity index is 1.46. The number of rotatable bonds is 7. The van der Waals surface area contributed by atoms with Crippen LogP contribution in [0, 0.1) is 6.92 Å². The molecule has 4 rings (SSSR count). The van der Waals surface area contributed by atoms with E-state index in [2.05, 4.69) is 52.3 Å². The van der Waals surface area contributed by atoms with Gasteiger partial charge in [-0.1, -0.05) is 84.1 Å². The van der Waals surface area contributed by atoms with Gasteiger partial charge in [-0.05, 0) is 30.2 Å². The second-order valence-corrected chi connectivity index (χ2v) is 7.89. The molecule has 0 bridgehead atoms. The van der Waals surface area contributed by atoms with Gasteiger partial charge in [-0.25, -0.2) is 10.4 Å². The summed E-state index contributed by atoms with van der Waals surface area (Å²) in [6.07, 6.45) is 1.63. The van der Waals surface area contributed by atoms with Gasteiger partial charge >= 0.3 is 0 Å². The fraction of sp³-hybridized carbons (Fsp3) is 0.125. The highest BCUT2D eigenvalue weighted by atomic mass is 32.2. The maximum absolute atomic E-state index is 12.2. The van der Waals surface area contributed by atoms with E-state index in [0.29, 0.717) is 6.54 Å². The Morgan fingerprint density at radius 2 is 1.77 bits per heavy atom. The van der Waals surface area contributed by atoms with Gasteiger partial charge in [0, 0.05) is 0 Å². The van der Waals surface area contributed by atoms with Crippen LogP contribution < -0.4 is 5.43 Å². The molecule has 0 aliphatic carbocycles. The SMILES string of the molecule is Cc1ccc(Cn2c(SCC(=O)N/N=C/c3ccccc3)nc3ccccc32)cc1. The first kappa shape index (κ1) is 19.9. The van der Waals surface area contributed by atoms with Crippen molar-refractivity contribution < 1.29 is 4.79 Å². The molecular weight excluding hydrogens is 392 g/mol. The van der Waals surface area contributed by atoms with E-state index in [-0.39, 0.29) is 11.7 Å². The molecule has 150 valence electrons. The third kappa shape index (κ3) is 4.96. The maximum Gasteiger partial charge on any atom is 0.250 e. The van der Waals surface area contributed by atoms with Gasteiger partial charge < -0.3 is 4.57 Å². The quantitative estimate of drug-likeness (QED) is 0.272. The number of benzene rings is 3. The van der Waals surface area contributed by atoms with Gasteiger partial charge in [0.05, 0.1) is 29.5 Å². The first-order valence-corrected chi connectivity index (χ1v) is 10.7. The van der Waals surface area contributed by atoms with Gasteiger partial charge in [0.25, 0.3) is 5.91 Å². The Bertz CT molecular complexity index is 1170. The van der Waals surface area contributed by atoms with Crippen LogP contribution in [0.4, 0.5) is 0 Å². The van der Waals surface area contributed by atoms with Gasteiger partial charge in [-0.15, -0.1) is 0 Å². The lowest BCUT2D eigenvalue weighted by atomic mass is 10.1. The van der Waals surface area contributed by atoms with Crippen LogP contribution in [0.1, 0.15) is 16.7 Å². The predicted octanol–water partition coefficient (Wildman–Crippen LogP) is 4.64. The second-order valence-electron chi connectivity index (χ2n) is 6.95. The lowest BCUT2D eigenvalue weighted by molar-refractivity contribution is -0.118. The number of hydrazone groups is 1. The molecule has 0 saturated heterocycles. The molecule has 0 unspecified atom stereocenters. The summed E-state index contributed by atoms with van der Waals surface area (Å²) < 4.78 is 2.16. The van der Waals surface area contributed by atoms with Crippen LogP contribution in [0.2, 0.25) is 0 Å². The first-order chi connectivity index (χ1) is 14.7. The molecule has 30 heavy (non-hydrogen) atoms. The van der Waals surface area contributed by atoms with Crippen molar-refractivity contribution >= 4 is 34.9 Å². The van der Waals surface area contributed by atoms with Crippen molar-refractivity contribution in [2.75, 3.05) is 5.75 Å². The molecule has 0 atom stereocenters. The van der Waals surface area contributed by atoms with Crippen molar-refractivity contribution in [3.63, 3.8) is 0 Å². The summed E-state index contributed by atoms with van der Waals surface area (Å²) in [5, 5.41) is 4.85. The number of hydrogen-bond donors (Lipinski definition) is 1. The number of imidazole rings is 1. The van der Waals surface area contributed by atoms with Crippen LogP contribution in [0.5, 0.6) is 0 Å². The molecular formula is C24H22N4OS. The summed E-state index contributed by atoms with van der Waals surface area (Å²) in [5.41, 5.74) is 7.93.